The molecule has 1 amide bonds. The van der Waals surface area contributed by atoms with E-state index in [1.165, 1.54) is 11.1 Å². The number of piperazine rings is 1. The van der Waals surface area contributed by atoms with E-state index in [2.05, 4.69) is 78.3 Å². The molecule has 157 valence electrons. The van der Waals surface area contributed by atoms with E-state index in [0.717, 1.165) is 38.2 Å². The molecule has 3 aromatic carbocycles. The summed E-state index contributed by atoms with van der Waals surface area (Å²) in [6.45, 7) is 3.57. The second-order valence-corrected chi connectivity index (χ2v) is 8.02. The fraction of sp³-hybridized carbons (Fsp3) is 0.269. The predicted octanol–water partition coefficient (Wildman–Crippen LogP) is 3.33. The van der Waals surface area contributed by atoms with Gasteiger partial charge in [0.15, 0.2) is 0 Å². The van der Waals surface area contributed by atoms with E-state index in [1.54, 1.807) is 0 Å². The third-order valence-corrected chi connectivity index (χ3v) is 5.78. The summed E-state index contributed by atoms with van der Waals surface area (Å²) in [4.78, 5) is 14.8. The van der Waals surface area contributed by atoms with Crippen LogP contribution in [-0.2, 0) is 11.2 Å². The van der Waals surface area contributed by atoms with Crippen molar-refractivity contribution >= 4 is 13.2 Å². The van der Waals surface area contributed by atoms with Crippen LogP contribution in [0.15, 0.2) is 91.0 Å². The number of hydrazine groups is 1. The van der Waals surface area contributed by atoms with Crippen molar-refractivity contribution in [1.82, 2.24) is 15.3 Å². The molecular weight excluding hydrogens is 381 g/mol. The Morgan fingerprint density at radius 1 is 0.774 bits per heavy atom. The zero-order valence-electron chi connectivity index (χ0n) is 17.9. The van der Waals surface area contributed by atoms with E-state index in [1.807, 2.05) is 35.3 Å². The molecule has 0 spiro atoms. The molecule has 1 aliphatic heterocycles. The highest BCUT2D eigenvalue weighted by Crippen LogP contribution is 2.23. The number of rotatable bonds is 8. The van der Waals surface area contributed by atoms with Gasteiger partial charge < -0.3 is 4.90 Å². The minimum Gasteiger partial charge on any atom is -0.309 e. The zero-order valence-corrected chi connectivity index (χ0v) is 17.9. The van der Waals surface area contributed by atoms with Gasteiger partial charge in [0, 0.05) is 26.2 Å². The number of carbonyl (C=O) groups excluding carboxylic acids is 1. The first kappa shape index (κ1) is 21.4. The van der Waals surface area contributed by atoms with Gasteiger partial charge in [-0.25, -0.2) is 5.01 Å². The lowest BCUT2D eigenvalue weighted by Crippen LogP contribution is -2.54. The summed E-state index contributed by atoms with van der Waals surface area (Å²) < 4.78 is 0. The first-order chi connectivity index (χ1) is 15.3. The summed E-state index contributed by atoms with van der Waals surface area (Å²) in [5, 5.41) is 2.05. The Balaban J connectivity index is 1.26. The van der Waals surface area contributed by atoms with Crippen LogP contribution in [0.25, 0.3) is 0 Å². The van der Waals surface area contributed by atoms with Crippen molar-refractivity contribution in [1.29, 1.82) is 0 Å². The van der Waals surface area contributed by atoms with Crippen LogP contribution in [-0.4, -0.2) is 55.7 Å². The van der Waals surface area contributed by atoms with Gasteiger partial charge in [-0.15, -0.1) is 0 Å². The molecule has 1 aliphatic rings. The Labute approximate surface area is 186 Å². The number of nitrogens with zero attached hydrogens (tertiary/aromatic N) is 2. The second kappa shape index (κ2) is 10.9. The quantitative estimate of drug-likeness (QED) is 0.579. The van der Waals surface area contributed by atoms with Crippen LogP contribution in [0.3, 0.4) is 0 Å². The highest BCUT2D eigenvalue weighted by molar-refractivity contribution is 6.39. The predicted molar refractivity (Wildman–Crippen MR) is 127 cm³/mol. The Morgan fingerprint density at radius 2 is 1.29 bits per heavy atom. The second-order valence-electron chi connectivity index (χ2n) is 8.02. The lowest BCUT2D eigenvalue weighted by atomic mass is 9.58. The van der Waals surface area contributed by atoms with Gasteiger partial charge in [0.25, 0.3) is 0 Å². The largest absolute Gasteiger partial charge is 0.309 e. The van der Waals surface area contributed by atoms with Crippen LogP contribution in [0.4, 0.5) is 0 Å². The van der Waals surface area contributed by atoms with Crippen molar-refractivity contribution in [2.75, 3.05) is 32.6 Å². The Kier molecular flexibility index (Phi) is 7.53. The molecule has 0 aromatic heterocycles. The molecule has 1 fully saturated rings. The Morgan fingerprint density at radius 3 is 1.84 bits per heavy atom. The third-order valence-electron chi connectivity index (χ3n) is 5.78. The average Bonchev–Trinajstić information content (AvgIpc) is 2.82. The molecule has 4 rings (SSSR count). The minimum absolute atomic E-state index is 0.0550. The van der Waals surface area contributed by atoms with Crippen molar-refractivity contribution in [2.45, 2.75) is 12.2 Å². The van der Waals surface area contributed by atoms with Crippen LogP contribution in [0.2, 0.25) is 0 Å². The SMILES string of the molecule is O=C(Cc1ccccc1)NN1CCN(C[B]C(c2ccccc2)c2ccccc2)CC1. The molecule has 0 saturated carbocycles. The van der Waals surface area contributed by atoms with Crippen LogP contribution < -0.4 is 5.43 Å². The highest BCUT2D eigenvalue weighted by Gasteiger charge is 2.21. The minimum atomic E-state index is 0.0550. The number of amides is 1. The standard InChI is InChI=1S/C26H29BN3O/c31-25(20-22-10-4-1-5-11-22)28-30-18-16-29(17-19-30)21-27-26(23-12-6-2-7-13-23)24-14-8-3-9-15-24/h1-15,26H,16-21H2,(H,28,31). The van der Waals surface area contributed by atoms with Gasteiger partial charge in [0.2, 0.25) is 5.91 Å². The zero-order chi connectivity index (χ0) is 21.3. The molecule has 31 heavy (non-hydrogen) atoms. The monoisotopic (exact) mass is 410 g/mol. The molecule has 4 nitrogen and oxygen atoms in total. The molecule has 5 heteroatoms. The molecule has 1 heterocycles. The van der Waals surface area contributed by atoms with Crippen LogP contribution >= 0.6 is 0 Å². The van der Waals surface area contributed by atoms with Gasteiger partial charge in [0.1, 0.15) is 7.28 Å². The van der Waals surface area contributed by atoms with E-state index in [0.29, 0.717) is 6.42 Å². The first-order valence-electron chi connectivity index (χ1n) is 11.0. The summed E-state index contributed by atoms with van der Waals surface area (Å²) in [5.41, 5.74) is 6.74. The van der Waals surface area contributed by atoms with E-state index in [9.17, 15) is 4.79 Å². The summed E-state index contributed by atoms with van der Waals surface area (Å²) in [5.74, 6) is 0.338. The lowest BCUT2D eigenvalue weighted by molar-refractivity contribution is -0.126. The smallest absolute Gasteiger partial charge is 0.238 e. The van der Waals surface area contributed by atoms with Gasteiger partial charge >= 0.3 is 0 Å². The van der Waals surface area contributed by atoms with E-state index >= 15 is 0 Å². The van der Waals surface area contributed by atoms with E-state index < -0.39 is 0 Å². The molecule has 1 N–H and O–H groups in total. The third kappa shape index (κ3) is 6.30. The maximum absolute atomic E-state index is 12.3. The molecule has 0 unspecified atom stereocenters. The normalized spacial score (nSPS) is 15.0. The first-order valence-corrected chi connectivity index (χ1v) is 11.0. The van der Waals surface area contributed by atoms with Crippen molar-refractivity contribution < 1.29 is 4.79 Å². The van der Waals surface area contributed by atoms with Crippen molar-refractivity contribution in [3.8, 4) is 0 Å². The van der Waals surface area contributed by atoms with Crippen LogP contribution in [0, 0.1) is 0 Å². The number of nitrogens with one attached hydrogen (secondary N) is 1. The Hall–Kier alpha value is -2.89. The van der Waals surface area contributed by atoms with E-state index in [4.69, 9.17) is 0 Å². The summed E-state index contributed by atoms with van der Waals surface area (Å²) in [6, 6.07) is 31.3. The summed E-state index contributed by atoms with van der Waals surface area (Å²) >= 11 is 0. The maximum atomic E-state index is 12.3. The van der Waals surface area contributed by atoms with Crippen LogP contribution in [0.1, 0.15) is 22.5 Å². The number of hydrogen-bond acceptors (Lipinski definition) is 3. The van der Waals surface area contributed by atoms with Gasteiger partial charge in [-0.1, -0.05) is 91.0 Å². The van der Waals surface area contributed by atoms with Crippen molar-refractivity contribution in [2.24, 2.45) is 0 Å². The van der Waals surface area contributed by atoms with Crippen LogP contribution in [0.5, 0.6) is 0 Å². The molecule has 0 atom stereocenters. The number of benzene rings is 3. The highest BCUT2D eigenvalue weighted by atomic mass is 16.2. The summed E-state index contributed by atoms with van der Waals surface area (Å²) in [7, 11) is 2.41. The number of hydrogen-bond donors (Lipinski definition) is 1. The van der Waals surface area contributed by atoms with E-state index in [-0.39, 0.29) is 11.7 Å². The Bertz CT molecular complexity index is 889. The molecular formula is C26H29BN3O. The van der Waals surface area contributed by atoms with Crippen molar-refractivity contribution in [3.05, 3.63) is 108 Å². The molecule has 0 aliphatic carbocycles. The van der Waals surface area contributed by atoms with Gasteiger partial charge in [-0.3, -0.25) is 10.2 Å². The lowest BCUT2D eigenvalue weighted by Gasteiger charge is -2.35. The average molecular weight is 410 g/mol. The van der Waals surface area contributed by atoms with Gasteiger partial charge in [-0.2, -0.15) is 0 Å². The fourth-order valence-corrected chi connectivity index (χ4v) is 4.08. The molecule has 1 saturated heterocycles. The molecule has 1 radical (unpaired) electrons. The van der Waals surface area contributed by atoms with Gasteiger partial charge in [-0.05, 0) is 29.0 Å². The topological polar surface area (TPSA) is 35.6 Å². The molecule has 3 aromatic rings. The van der Waals surface area contributed by atoms with Gasteiger partial charge in [0.05, 0.1) is 6.42 Å². The summed E-state index contributed by atoms with van der Waals surface area (Å²) in [6.07, 6.45) is 1.35. The molecule has 0 bridgehead atoms. The number of carbonyl (C=O) groups is 1. The fourth-order valence-electron chi connectivity index (χ4n) is 4.08. The maximum Gasteiger partial charge on any atom is 0.238 e. The van der Waals surface area contributed by atoms with Crippen molar-refractivity contribution in [3.63, 3.8) is 0 Å².